The Kier molecular flexibility index (Phi) is 4.44. The molecule has 0 aliphatic carbocycles. The molecule has 0 aliphatic heterocycles. The fourth-order valence-corrected chi connectivity index (χ4v) is 2.57. The van der Waals surface area contributed by atoms with E-state index in [1.54, 1.807) is 7.05 Å². The average molecular weight is 325 g/mol. The number of hydrogen-bond donors (Lipinski definition) is 2. The lowest BCUT2D eigenvalue weighted by molar-refractivity contribution is 1.15. The van der Waals surface area contributed by atoms with E-state index in [1.165, 1.54) is 0 Å². The van der Waals surface area contributed by atoms with Crippen LogP contribution in [0, 0.1) is 6.92 Å². The van der Waals surface area contributed by atoms with Crippen molar-refractivity contribution in [3.63, 3.8) is 0 Å². The van der Waals surface area contributed by atoms with Gasteiger partial charge in [0.1, 0.15) is 5.82 Å². The van der Waals surface area contributed by atoms with Gasteiger partial charge in [0.25, 0.3) is 0 Å². The normalized spacial score (nSPS) is 10.4. The van der Waals surface area contributed by atoms with Gasteiger partial charge in [-0.1, -0.05) is 54.1 Å². The van der Waals surface area contributed by atoms with Crippen LogP contribution in [0.1, 0.15) is 5.56 Å². The van der Waals surface area contributed by atoms with Crippen molar-refractivity contribution in [3.05, 3.63) is 65.2 Å². The zero-order valence-electron chi connectivity index (χ0n) is 13.0. The molecule has 0 saturated heterocycles. The van der Waals surface area contributed by atoms with Crippen LogP contribution in [0.25, 0.3) is 11.3 Å². The van der Waals surface area contributed by atoms with Crippen LogP contribution in [-0.2, 0) is 0 Å². The van der Waals surface area contributed by atoms with Gasteiger partial charge in [0.05, 0.1) is 16.4 Å². The fraction of sp³-hybridized carbons (Fsp3) is 0.111. The Morgan fingerprint density at radius 1 is 0.957 bits per heavy atom. The number of benzene rings is 2. The van der Waals surface area contributed by atoms with Crippen LogP contribution in [0.2, 0.25) is 5.02 Å². The Morgan fingerprint density at radius 2 is 1.74 bits per heavy atom. The van der Waals surface area contributed by atoms with Gasteiger partial charge in [-0.3, -0.25) is 0 Å². The third-order valence-corrected chi connectivity index (χ3v) is 3.81. The first kappa shape index (κ1) is 15.3. The van der Waals surface area contributed by atoms with Crippen LogP contribution >= 0.6 is 11.6 Å². The highest BCUT2D eigenvalue weighted by atomic mass is 35.5. The van der Waals surface area contributed by atoms with Crippen molar-refractivity contribution in [1.29, 1.82) is 0 Å². The minimum absolute atomic E-state index is 0.554. The molecule has 23 heavy (non-hydrogen) atoms. The lowest BCUT2D eigenvalue weighted by atomic mass is 10.1. The first-order valence-corrected chi connectivity index (χ1v) is 7.69. The topological polar surface area (TPSA) is 49.8 Å². The van der Waals surface area contributed by atoms with Gasteiger partial charge in [0, 0.05) is 18.7 Å². The highest BCUT2D eigenvalue weighted by Gasteiger charge is 2.09. The first-order valence-electron chi connectivity index (χ1n) is 7.32. The van der Waals surface area contributed by atoms with Crippen molar-refractivity contribution < 1.29 is 0 Å². The van der Waals surface area contributed by atoms with Gasteiger partial charge in [-0.25, -0.2) is 4.98 Å². The van der Waals surface area contributed by atoms with Gasteiger partial charge in [0.15, 0.2) is 0 Å². The highest BCUT2D eigenvalue weighted by Crippen LogP contribution is 2.29. The molecule has 0 amide bonds. The SMILES string of the molecule is CNc1nc(Nc2c(C)cccc2Cl)cc(-c2ccccc2)n1. The van der Waals surface area contributed by atoms with E-state index in [0.717, 1.165) is 22.5 Å². The zero-order valence-corrected chi connectivity index (χ0v) is 13.7. The Balaban J connectivity index is 2.03. The van der Waals surface area contributed by atoms with Crippen LogP contribution in [0.5, 0.6) is 0 Å². The number of aromatic nitrogens is 2. The average Bonchev–Trinajstić information content (AvgIpc) is 2.59. The van der Waals surface area contributed by atoms with Crippen molar-refractivity contribution >= 4 is 29.1 Å². The number of aryl methyl sites for hydroxylation is 1. The van der Waals surface area contributed by atoms with Crippen LogP contribution < -0.4 is 10.6 Å². The molecule has 0 fully saturated rings. The molecule has 0 bridgehead atoms. The lowest BCUT2D eigenvalue weighted by Gasteiger charge is -2.13. The van der Waals surface area contributed by atoms with E-state index in [2.05, 4.69) is 20.6 Å². The predicted octanol–water partition coefficient (Wildman–Crippen LogP) is 4.89. The van der Waals surface area contributed by atoms with Gasteiger partial charge in [0.2, 0.25) is 5.95 Å². The number of halogens is 1. The van der Waals surface area contributed by atoms with Crippen LogP contribution in [-0.4, -0.2) is 17.0 Å². The molecule has 116 valence electrons. The molecule has 0 spiro atoms. The molecule has 0 unspecified atom stereocenters. The predicted molar refractivity (Wildman–Crippen MR) is 96.5 cm³/mol. The maximum absolute atomic E-state index is 6.29. The van der Waals surface area contributed by atoms with E-state index in [9.17, 15) is 0 Å². The monoisotopic (exact) mass is 324 g/mol. The van der Waals surface area contributed by atoms with E-state index in [0.29, 0.717) is 16.8 Å². The molecule has 3 aromatic rings. The molecule has 0 radical (unpaired) electrons. The van der Waals surface area contributed by atoms with Crippen molar-refractivity contribution in [2.45, 2.75) is 6.92 Å². The zero-order chi connectivity index (χ0) is 16.2. The summed E-state index contributed by atoms with van der Waals surface area (Å²) in [6, 6.07) is 17.7. The van der Waals surface area contributed by atoms with E-state index >= 15 is 0 Å². The highest BCUT2D eigenvalue weighted by molar-refractivity contribution is 6.33. The number of nitrogens with zero attached hydrogens (tertiary/aromatic N) is 2. The lowest BCUT2D eigenvalue weighted by Crippen LogP contribution is -2.03. The van der Waals surface area contributed by atoms with E-state index < -0.39 is 0 Å². The number of nitrogens with one attached hydrogen (secondary N) is 2. The second kappa shape index (κ2) is 6.67. The number of para-hydroxylation sites is 1. The summed E-state index contributed by atoms with van der Waals surface area (Å²) in [5.41, 5.74) is 3.79. The minimum Gasteiger partial charge on any atom is -0.357 e. The van der Waals surface area contributed by atoms with E-state index in [-0.39, 0.29) is 0 Å². The molecule has 2 N–H and O–H groups in total. The summed E-state index contributed by atoms with van der Waals surface area (Å²) < 4.78 is 0. The summed E-state index contributed by atoms with van der Waals surface area (Å²) in [6.07, 6.45) is 0. The number of rotatable bonds is 4. The van der Waals surface area contributed by atoms with Crippen molar-refractivity contribution in [1.82, 2.24) is 9.97 Å². The quantitative estimate of drug-likeness (QED) is 0.717. The summed E-state index contributed by atoms with van der Waals surface area (Å²) in [5.74, 6) is 1.25. The first-order chi connectivity index (χ1) is 11.2. The molecule has 0 aliphatic rings. The maximum atomic E-state index is 6.29. The van der Waals surface area contributed by atoms with Gasteiger partial charge in [-0.05, 0) is 18.6 Å². The molecule has 1 aromatic heterocycles. The Hall–Kier alpha value is -2.59. The molecule has 0 saturated carbocycles. The van der Waals surface area contributed by atoms with Gasteiger partial charge < -0.3 is 10.6 Å². The van der Waals surface area contributed by atoms with Gasteiger partial charge in [-0.2, -0.15) is 4.98 Å². The maximum Gasteiger partial charge on any atom is 0.224 e. The Morgan fingerprint density at radius 3 is 2.43 bits per heavy atom. The van der Waals surface area contributed by atoms with Crippen molar-refractivity contribution in [3.8, 4) is 11.3 Å². The summed E-state index contributed by atoms with van der Waals surface area (Å²) in [6.45, 7) is 2.01. The standard InChI is InChI=1S/C18H17ClN4/c1-12-7-6-10-14(19)17(12)22-16-11-15(21-18(20-2)23-16)13-8-4-3-5-9-13/h3-11H,1-2H3,(H2,20,21,22,23). The second-order valence-electron chi connectivity index (χ2n) is 5.13. The smallest absolute Gasteiger partial charge is 0.224 e. The van der Waals surface area contributed by atoms with Crippen molar-refractivity contribution in [2.24, 2.45) is 0 Å². The summed E-state index contributed by atoms with van der Waals surface area (Å²) in [4.78, 5) is 8.98. The van der Waals surface area contributed by atoms with Crippen LogP contribution in [0.15, 0.2) is 54.6 Å². The number of anilines is 3. The molecule has 1 heterocycles. The largest absolute Gasteiger partial charge is 0.357 e. The van der Waals surface area contributed by atoms with Gasteiger partial charge in [-0.15, -0.1) is 0 Å². The third-order valence-electron chi connectivity index (χ3n) is 3.49. The van der Waals surface area contributed by atoms with E-state index in [4.69, 9.17) is 11.6 Å². The summed E-state index contributed by atoms with van der Waals surface area (Å²) >= 11 is 6.29. The van der Waals surface area contributed by atoms with E-state index in [1.807, 2.05) is 61.5 Å². The van der Waals surface area contributed by atoms with Crippen LogP contribution in [0.4, 0.5) is 17.5 Å². The summed E-state index contributed by atoms with van der Waals surface area (Å²) in [5, 5.41) is 6.96. The molecular weight excluding hydrogens is 308 g/mol. The third kappa shape index (κ3) is 3.43. The molecule has 2 aromatic carbocycles. The fourth-order valence-electron chi connectivity index (χ4n) is 2.30. The minimum atomic E-state index is 0.554. The summed E-state index contributed by atoms with van der Waals surface area (Å²) in [7, 11) is 1.80. The Bertz CT molecular complexity index is 798. The molecular formula is C18H17ClN4. The van der Waals surface area contributed by atoms with Crippen molar-refractivity contribution in [2.75, 3.05) is 17.7 Å². The van der Waals surface area contributed by atoms with Gasteiger partial charge >= 0.3 is 0 Å². The number of hydrogen-bond acceptors (Lipinski definition) is 4. The second-order valence-corrected chi connectivity index (χ2v) is 5.54. The molecule has 0 atom stereocenters. The Labute approximate surface area is 140 Å². The molecule has 5 heteroatoms. The molecule has 4 nitrogen and oxygen atoms in total. The molecule has 3 rings (SSSR count). The van der Waals surface area contributed by atoms with Crippen LogP contribution in [0.3, 0.4) is 0 Å².